The summed E-state index contributed by atoms with van der Waals surface area (Å²) in [5.41, 5.74) is 1.05. The van der Waals surface area contributed by atoms with Gasteiger partial charge in [0, 0.05) is 25.6 Å². The molecule has 1 aromatic rings. The summed E-state index contributed by atoms with van der Waals surface area (Å²) in [6.07, 6.45) is 3.80. The lowest BCUT2D eigenvalue weighted by atomic mass is 9.83. The normalized spacial score (nSPS) is 16.6. The summed E-state index contributed by atoms with van der Waals surface area (Å²) < 4.78 is 1.69. The van der Waals surface area contributed by atoms with E-state index in [0.29, 0.717) is 24.1 Å². The Morgan fingerprint density at radius 2 is 2.24 bits per heavy atom. The Bertz CT molecular complexity index is 480. The number of rotatable bonds is 6. The van der Waals surface area contributed by atoms with E-state index < -0.39 is 6.10 Å². The standard InChI is InChI=1S/C15H26N4O2/c1-10(2)7-12(20)9-16-15(21)17-14-8-13(18-19(14)3)11-5-4-6-11/h8,10-12,20H,4-7,9H2,1-3H3,(H2,16,17,21). The third-order valence-corrected chi connectivity index (χ3v) is 3.91. The van der Waals surface area contributed by atoms with Crippen molar-refractivity contribution in [1.82, 2.24) is 15.1 Å². The minimum absolute atomic E-state index is 0.261. The first-order valence-corrected chi connectivity index (χ1v) is 7.72. The van der Waals surface area contributed by atoms with Crippen molar-refractivity contribution in [1.29, 1.82) is 0 Å². The summed E-state index contributed by atoms with van der Waals surface area (Å²) >= 11 is 0. The zero-order valence-electron chi connectivity index (χ0n) is 13.1. The first-order valence-electron chi connectivity index (χ1n) is 7.72. The number of nitrogens with one attached hydrogen (secondary N) is 2. The van der Waals surface area contributed by atoms with Crippen molar-refractivity contribution in [3.63, 3.8) is 0 Å². The average Bonchev–Trinajstić information content (AvgIpc) is 2.64. The van der Waals surface area contributed by atoms with E-state index in [2.05, 4.69) is 15.7 Å². The molecule has 3 N–H and O–H groups in total. The van der Waals surface area contributed by atoms with E-state index >= 15 is 0 Å². The van der Waals surface area contributed by atoms with Gasteiger partial charge in [-0.3, -0.25) is 10.00 Å². The number of aryl methyl sites for hydroxylation is 1. The first kappa shape index (κ1) is 15.8. The van der Waals surface area contributed by atoms with E-state index in [1.807, 2.05) is 27.0 Å². The van der Waals surface area contributed by atoms with Crippen molar-refractivity contribution in [3.8, 4) is 0 Å². The molecular formula is C15H26N4O2. The summed E-state index contributed by atoms with van der Waals surface area (Å²) in [6, 6.07) is 1.63. The third kappa shape index (κ3) is 4.46. The van der Waals surface area contributed by atoms with Gasteiger partial charge in [0.05, 0.1) is 11.8 Å². The molecule has 1 atom stereocenters. The third-order valence-electron chi connectivity index (χ3n) is 3.91. The minimum atomic E-state index is -0.507. The monoisotopic (exact) mass is 294 g/mol. The van der Waals surface area contributed by atoms with Crippen molar-refractivity contribution in [2.75, 3.05) is 11.9 Å². The summed E-state index contributed by atoms with van der Waals surface area (Å²) in [5.74, 6) is 1.64. The number of aliphatic hydroxyl groups is 1. The van der Waals surface area contributed by atoms with Gasteiger partial charge in [-0.1, -0.05) is 20.3 Å². The molecule has 1 aliphatic carbocycles. The number of carbonyl (C=O) groups excluding carboxylic acids is 1. The Kier molecular flexibility index (Phi) is 5.22. The fraction of sp³-hybridized carbons (Fsp3) is 0.733. The quantitative estimate of drug-likeness (QED) is 0.752. The number of hydrogen-bond donors (Lipinski definition) is 3. The highest BCUT2D eigenvalue weighted by molar-refractivity contribution is 5.88. The Hall–Kier alpha value is -1.56. The predicted octanol–water partition coefficient (Wildman–Crippen LogP) is 2.22. The molecule has 2 rings (SSSR count). The second kappa shape index (κ2) is 6.93. The van der Waals surface area contributed by atoms with E-state index in [1.165, 1.54) is 19.3 Å². The van der Waals surface area contributed by atoms with Gasteiger partial charge in [-0.05, 0) is 25.2 Å². The molecule has 0 saturated heterocycles. The van der Waals surface area contributed by atoms with Crippen LogP contribution in [0.4, 0.5) is 10.6 Å². The van der Waals surface area contributed by atoms with Gasteiger partial charge in [0.25, 0.3) is 0 Å². The predicted molar refractivity (Wildman–Crippen MR) is 82.3 cm³/mol. The molecule has 2 amide bonds. The number of amides is 2. The zero-order valence-corrected chi connectivity index (χ0v) is 13.1. The van der Waals surface area contributed by atoms with Crippen LogP contribution in [0.3, 0.4) is 0 Å². The summed E-state index contributed by atoms with van der Waals surface area (Å²) in [7, 11) is 1.82. The Morgan fingerprint density at radius 1 is 1.52 bits per heavy atom. The van der Waals surface area contributed by atoms with Crippen LogP contribution in [0.15, 0.2) is 6.07 Å². The summed E-state index contributed by atoms with van der Waals surface area (Å²) in [5, 5.41) is 19.7. The molecular weight excluding hydrogens is 268 g/mol. The van der Waals surface area contributed by atoms with E-state index in [4.69, 9.17) is 0 Å². The second-order valence-corrected chi connectivity index (χ2v) is 6.32. The largest absolute Gasteiger partial charge is 0.391 e. The van der Waals surface area contributed by atoms with Crippen LogP contribution in [0.25, 0.3) is 0 Å². The number of aliphatic hydroxyl groups excluding tert-OH is 1. The van der Waals surface area contributed by atoms with Crippen LogP contribution in [0.1, 0.15) is 51.1 Å². The van der Waals surface area contributed by atoms with Crippen LogP contribution < -0.4 is 10.6 Å². The molecule has 1 aliphatic rings. The summed E-state index contributed by atoms with van der Waals surface area (Å²) in [4.78, 5) is 11.8. The van der Waals surface area contributed by atoms with Crippen molar-refractivity contribution in [2.45, 2.75) is 51.6 Å². The molecule has 6 heteroatoms. The highest BCUT2D eigenvalue weighted by Crippen LogP contribution is 2.36. The molecule has 0 radical (unpaired) electrons. The number of aromatic nitrogens is 2. The molecule has 1 fully saturated rings. The van der Waals surface area contributed by atoms with Crippen molar-refractivity contribution >= 4 is 11.8 Å². The topological polar surface area (TPSA) is 79.2 Å². The van der Waals surface area contributed by atoms with Crippen LogP contribution in [-0.4, -0.2) is 33.6 Å². The fourth-order valence-electron chi connectivity index (χ4n) is 2.51. The minimum Gasteiger partial charge on any atom is -0.391 e. The van der Waals surface area contributed by atoms with Crippen LogP contribution in [0, 0.1) is 5.92 Å². The van der Waals surface area contributed by atoms with E-state index in [0.717, 1.165) is 5.69 Å². The van der Waals surface area contributed by atoms with Gasteiger partial charge in [0.2, 0.25) is 0 Å². The maximum atomic E-state index is 11.8. The Labute approximate surface area is 125 Å². The van der Waals surface area contributed by atoms with Crippen molar-refractivity contribution in [2.24, 2.45) is 13.0 Å². The molecule has 1 unspecified atom stereocenters. The molecule has 118 valence electrons. The second-order valence-electron chi connectivity index (χ2n) is 6.32. The molecule has 1 heterocycles. The van der Waals surface area contributed by atoms with Gasteiger partial charge < -0.3 is 10.4 Å². The molecule has 1 aromatic heterocycles. The van der Waals surface area contributed by atoms with Crippen LogP contribution >= 0.6 is 0 Å². The average molecular weight is 294 g/mol. The molecule has 21 heavy (non-hydrogen) atoms. The van der Waals surface area contributed by atoms with Gasteiger partial charge in [-0.25, -0.2) is 4.79 Å². The zero-order chi connectivity index (χ0) is 15.4. The van der Waals surface area contributed by atoms with Gasteiger partial charge in [-0.15, -0.1) is 0 Å². The highest BCUT2D eigenvalue weighted by Gasteiger charge is 2.23. The smallest absolute Gasteiger partial charge is 0.320 e. The van der Waals surface area contributed by atoms with E-state index in [-0.39, 0.29) is 12.6 Å². The number of hydrogen-bond acceptors (Lipinski definition) is 3. The van der Waals surface area contributed by atoms with E-state index in [1.54, 1.807) is 4.68 Å². The van der Waals surface area contributed by atoms with Crippen LogP contribution in [-0.2, 0) is 7.05 Å². The van der Waals surface area contributed by atoms with Gasteiger partial charge in [-0.2, -0.15) is 5.10 Å². The lowest BCUT2D eigenvalue weighted by Crippen LogP contribution is -2.36. The maximum absolute atomic E-state index is 11.8. The van der Waals surface area contributed by atoms with Crippen molar-refractivity contribution < 1.29 is 9.90 Å². The highest BCUT2D eigenvalue weighted by atomic mass is 16.3. The first-order chi connectivity index (χ1) is 9.95. The molecule has 6 nitrogen and oxygen atoms in total. The van der Waals surface area contributed by atoms with Crippen LogP contribution in [0.5, 0.6) is 0 Å². The van der Waals surface area contributed by atoms with Crippen LogP contribution in [0.2, 0.25) is 0 Å². The lowest BCUT2D eigenvalue weighted by Gasteiger charge is -2.22. The SMILES string of the molecule is CC(C)CC(O)CNC(=O)Nc1cc(C2CCC2)nn1C. The van der Waals surface area contributed by atoms with Crippen molar-refractivity contribution in [3.05, 3.63) is 11.8 Å². The Morgan fingerprint density at radius 3 is 2.81 bits per heavy atom. The van der Waals surface area contributed by atoms with Gasteiger partial charge >= 0.3 is 6.03 Å². The number of nitrogens with zero attached hydrogens (tertiary/aromatic N) is 2. The summed E-state index contributed by atoms with van der Waals surface area (Å²) in [6.45, 7) is 4.35. The Balaban J connectivity index is 1.80. The van der Waals surface area contributed by atoms with Gasteiger partial charge in [0.15, 0.2) is 0 Å². The molecule has 0 aromatic carbocycles. The number of carbonyl (C=O) groups is 1. The van der Waals surface area contributed by atoms with E-state index in [9.17, 15) is 9.90 Å². The molecule has 0 aliphatic heterocycles. The fourth-order valence-corrected chi connectivity index (χ4v) is 2.51. The molecule has 1 saturated carbocycles. The van der Waals surface area contributed by atoms with Gasteiger partial charge in [0.1, 0.15) is 5.82 Å². The number of anilines is 1. The maximum Gasteiger partial charge on any atom is 0.320 e. The lowest BCUT2D eigenvalue weighted by molar-refractivity contribution is 0.148. The number of urea groups is 1. The molecule has 0 bridgehead atoms. The molecule has 0 spiro atoms.